The van der Waals surface area contributed by atoms with Gasteiger partial charge in [-0.2, -0.15) is 0 Å². The van der Waals surface area contributed by atoms with Gasteiger partial charge in [0.05, 0.1) is 4.75 Å². The maximum atomic E-state index is 11.3. The highest BCUT2D eigenvalue weighted by atomic mass is 32.2. The van der Waals surface area contributed by atoms with Crippen LogP contribution in [0.1, 0.15) is 34.6 Å². The topological polar surface area (TPSA) is 29.1 Å². The van der Waals surface area contributed by atoms with Crippen LogP contribution in [0.15, 0.2) is 11.8 Å². The van der Waals surface area contributed by atoms with E-state index in [1.54, 1.807) is 6.20 Å². The van der Waals surface area contributed by atoms with E-state index in [0.717, 1.165) is 5.57 Å². The molecule has 11 heavy (non-hydrogen) atoms. The van der Waals surface area contributed by atoms with Crippen molar-refractivity contribution in [3.8, 4) is 0 Å². The molecular weight excluding hydrogens is 158 g/mol. The molecule has 0 saturated heterocycles. The van der Waals surface area contributed by atoms with Crippen LogP contribution in [0, 0.1) is 0 Å². The van der Waals surface area contributed by atoms with E-state index in [2.05, 4.69) is 4.72 Å². The number of nitrogens with one attached hydrogen (secondary N) is 1. The summed E-state index contributed by atoms with van der Waals surface area (Å²) in [5, 5.41) is 0. The molecular formula is C8H17NOS. The van der Waals surface area contributed by atoms with Crippen LogP contribution in [0.4, 0.5) is 0 Å². The molecule has 3 heteroatoms. The molecule has 1 atom stereocenters. The Balaban J connectivity index is 4.01. The number of rotatable bonds is 2. The lowest BCUT2D eigenvalue weighted by Crippen LogP contribution is -2.30. The van der Waals surface area contributed by atoms with Crippen molar-refractivity contribution in [3.63, 3.8) is 0 Å². The zero-order valence-electron chi connectivity index (χ0n) is 7.89. The Kier molecular flexibility index (Phi) is 3.79. The number of allylic oxidation sites excluding steroid dienone is 1. The molecule has 0 aliphatic heterocycles. The second-order valence-corrected chi connectivity index (χ2v) is 5.72. The maximum Gasteiger partial charge on any atom is 0.122 e. The minimum Gasteiger partial charge on any atom is -0.312 e. The number of hydrogen-bond acceptors (Lipinski definition) is 1. The Bertz CT molecular complexity index is 175. The molecule has 0 rings (SSSR count). The molecule has 0 aromatic heterocycles. The molecule has 0 amide bonds. The van der Waals surface area contributed by atoms with Gasteiger partial charge in [0.1, 0.15) is 11.0 Å². The van der Waals surface area contributed by atoms with E-state index in [-0.39, 0.29) is 4.75 Å². The lowest BCUT2D eigenvalue weighted by Gasteiger charge is -2.16. The first-order chi connectivity index (χ1) is 4.84. The first-order valence-corrected chi connectivity index (χ1v) is 4.80. The van der Waals surface area contributed by atoms with Gasteiger partial charge in [-0.15, -0.1) is 0 Å². The van der Waals surface area contributed by atoms with E-state index in [0.29, 0.717) is 0 Å². The van der Waals surface area contributed by atoms with Gasteiger partial charge in [0.15, 0.2) is 0 Å². The van der Waals surface area contributed by atoms with Crippen molar-refractivity contribution in [2.75, 3.05) is 0 Å². The fraction of sp³-hybridized carbons (Fsp3) is 0.750. The van der Waals surface area contributed by atoms with E-state index in [4.69, 9.17) is 0 Å². The van der Waals surface area contributed by atoms with E-state index in [9.17, 15) is 4.21 Å². The lowest BCUT2D eigenvalue weighted by molar-refractivity contribution is 0.644. The molecule has 0 radical (unpaired) electrons. The van der Waals surface area contributed by atoms with Crippen molar-refractivity contribution in [3.05, 3.63) is 11.8 Å². The number of hydrogen-bond donors (Lipinski definition) is 1. The van der Waals surface area contributed by atoms with Crippen LogP contribution in [-0.4, -0.2) is 8.96 Å². The van der Waals surface area contributed by atoms with Gasteiger partial charge in [0, 0.05) is 6.20 Å². The van der Waals surface area contributed by atoms with Crippen LogP contribution in [-0.2, 0) is 11.0 Å². The molecule has 0 aliphatic rings. The summed E-state index contributed by atoms with van der Waals surface area (Å²) in [7, 11) is -0.984. The molecule has 0 spiro atoms. The highest BCUT2D eigenvalue weighted by molar-refractivity contribution is 7.84. The summed E-state index contributed by atoms with van der Waals surface area (Å²) in [6.45, 7) is 9.75. The van der Waals surface area contributed by atoms with Crippen molar-refractivity contribution in [1.82, 2.24) is 4.72 Å². The summed E-state index contributed by atoms with van der Waals surface area (Å²) in [5.41, 5.74) is 1.13. The van der Waals surface area contributed by atoms with Gasteiger partial charge < -0.3 is 4.72 Å². The van der Waals surface area contributed by atoms with Gasteiger partial charge in [-0.3, -0.25) is 0 Å². The van der Waals surface area contributed by atoms with Crippen molar-refractivity contribution in [1.29, 1.82) is 0 Å². The van der Waals surface area contributed by atoms with E-state index in [1.165, 1.54) is 0 Å². The molecule has 1 N–H and O–H groups in total. The van der Waals surface area contributed by atoms with Gasteiger partial charge in [0.2, 0.25) is 0 Å². The SMILES string of the molecule is CC(C)=CNS(=O)C(C)(C)C. The van der Waals surface area contributed by atoms with Crippen LogP contribution < -0.4 is 4.72 Å². The Labute approximate surface area is 71.7 Å². The first-order valence-electron chi connectivity index (χ1n) is 3.65. The fourth-order valence-corrected chi connectivity index (χ4v) is 1.04. The molecule has 0 aliphatic carbocycles. The normalized spacial score (nSPS) is 13.9. The summed E-state index contributed by atoms with van der Waals surface area (Å²) in [6, 6.07) is 0. The monoisotopic (exact) mass is 175 g/mol. The predicted octanol–water partition coefficient (Wildman–Crippen LogP) is 1.96. The van der Waals surface area contributed by atoms with E-state index < -0.39 is 11.0 Å². The average Bonchev–Trinajstić information content (AvgIpc) is 1.80. The van der Waals surface area contributed by atoms with E-state index in [1.807, 2.05) is 34.6 Å². The third-order valence-electron chi connectivity index (χ3n) is 1.01. The highest BCUT2D eigenvalue weighted by Crippen LogP contribution is 2.08. The summed E-state index contributed by atoms with van der Waals surface area (Å²) in [5.74, 6) is 0. The Hall–Kier alpha value is -0.310. The van der Waals surface area contributed by atoms with Crippen LogP contribution in [0.5, 0.6) is 0 Å². The molecule has 0 bridgehead atoms. The van der Waals surface area contributed by atoms with Crippen molar-refractivity contribution >= 4 is 11.0 Å². The molecule has 0 aromatic carbocycles. The molecule has 66 valence electrons. The van der Waals surface area contributed by atoms with Crippen LogP contribution in [0.25, 0.3) is 0 Å². The molecule has 2 nitrogen and oxygen atoms in total. The zero-order chi connectivity index (χ0) is 9.07. The minimum atomic E-state index is -0.984. The standard InChI is InChI=1S/C8H17NOS/c1-7(2)6-9-11(10)8(3,4)5/h6,9H,1-5H3. The van der Waals surface area contributed by atoms with Crippen LogP contribution in [0.2, 0.25) is 0 Å². The summed E-state index contributed by atoms with van der Waals surface area (Å²) in [6.07, 6.45) is 1.78. The maximum absolute atomic E-state index is 11.3. The van der Waals surface area contributed by atoms with Gasteiger partial charge in [0.25, 0.3) is 0 Å². The van der Waals surface area contributed by atoms with Gasteiger partial charge in [-0.1, -0.05) is 5.57 Å². The zero-order valence-corrected chi connectivity index (χ0v) is 8.71. The molecule has 0 fully saturated rings. The second kappa shape index (κ2) is 3.90. The smallest absolute Gasteiger partial charge is 0.122 e. The van der Waals surface area contributed by atoms with Crippen LogP contribution >= 0.6 is 0 Å². The van der Waals surface area contributed by atoms with Crippen molar-refractivity contribution in [2.24, 2.45) is 0 Å². The molecule has 0 aromatic rings. The highest BCUT2D eigenvalue weighted by Gasteiger charge is 2.17. The quantitative estimate of drug-likeness (QED) is 0.683. The largest absolute Gasteiger partial charge is 0.312 e. The van der Waals surface area contributed by atoms with Gasteiger partial charge in [-0.05, 0) is 34.6 Å². The Morgan fingerprint density at radius 2 is 1.82 bits per heavy atom. The third kappa shape index (κ3) is 5.01. The average molecular weight is 175 g/mol. The fourth-order valence-electron chi connectivity index (χ4n) is 0.348. The Morgan fingerprint density at radius 3 is 2.09 bits per heavy atom. The third-order valence-corrected chi connectivity index (χ3v) is 2.46. The minimum absolute atomic E-state index is 0.189. The van der Waals surface area contributed by atoms with Crippen molar-refractivity contribution in [2.45, 2.75) is 39.4 Å². The molecule has 1 unspecified atom stereocenters. The molecule has 0 saturated carbocycles. The van der Waals surface area contributed by atoms with E-state index >= 15 is 0 Å². The lowest BCUT2D eigenvalue weighted by atomic mass is 10.3. The predicted molar refractivity (Wildman–Crippen MR) is 50.5 cm³/mol. The van der Waals surface area contributed by atoms with Gasteiger partial charge in [-0.25, -0.2) is 4.21 Å². The summed E-state index contributed by atoms with van der Waals surface area (Å²) < 4.78 is 14.0. The summed E-state index contributed by atoms with van der Waals surface area (Å²) in [4.78, 5) is 0. The van der Waals surface area contributed by atoms with Gasteiger partial charge >= 0.3 is 0 Å². The first kappa shape index (κ1) is 10.7. The van der Waals surface area contributed by atoms with Crippen molar-refractivity contribution < 1.29 is 4.21 Å². The second-order valence-electron chi connectivity index (χ2n) is 3.72. The Morgan fingerprint density at radius 1 is 1.36 bits per heavy atom. The van der Waals surface area contributed by atoms with Crippen LogP contribution in [0.3, 0.4) is 0 Å². The molecule has 0 heterocycles. The summed E-state index contributed by atoms with van der Waals surface area (Å²) >= 11 is 0.